The van der Waals surface area contributed by atoms with Gasteiger partial charge >= 0.3 is 0 Å². The molecule has 4 nitrogen and oxygen atoms in total. The molecule has 0 unspecified atom stereocenters. The van der Waals surface area contributed by atoms with Crippen LogP contribution in [0.3, 0.4) is 0 Å². The number of hydrogen-bond donors (Lipinski definition) is 1. The molecule has 1 fully saturated rings. The molecule has 1 aliphatic rings. The normalized spacial score (nSPS) is 19.5. The maximum absolute atomic E-state index is 12.4. The topological polar surface area (TPSA) is 51.1 Å². The Kier molecular flexibility index (Phi) is 4.21. The predicted octanol–water partition coefficient (Wildman–Crippen LogP) is 3.74. The van der Waals surface area contributed by atoms with Gasteiger partial charge in [0.25, 0.3) is 5.56 Å². The fourth-order valence-corrected chi connectivity index (χ4v) is 2.99. The molecular weight excluding hydrogens is 335 g/mol. The average molecular weight is 351 g/mol. The van der Waals surface area contributed by atoms with Gasteiger partial charge in [-0.3, -0.25) is 9.59 Å². The van der Waals surface area contributed by atoms with E-state index in [0.29, 0.717) is 15.7 Å². The summed E-state index contributed by atoms with van der Waals surface area (Å²) in [4.78, 5) is 24.5. The molecule has 3 rings (SSSR count). The number of anilines is 1. The molecule has 1 amide bonds. The summed E-state index contributed by atoms with van der Waals surface area (Å²) in [6, 6.07) is 7.23. The minimum absolute atomic E-state index is 0.123. The first kappa shape index (κ1) is 16.1. The molecule has 1 N–H and O–H groups in total. The number of rotatable bonds is 3. The molecule has 1 aliphatic carbocycles. The van der Waals surface area contributed by atoms with E-state index in [1.165, 1.54) is 4.57 Å². The number of aryl methyl sites for hydroxylation is 2. The number of nitrogens with zero attached hydrogens (tertiary/aromatic N) is 1. The molecule has 1 saturated carbocycles. The van der Waals surface area contributed by atoms with Crippen molar-refractivity contribution in [2.45, 2.75) is 19.3 Å². The lowest BCUT2D eigenvalue weighted by atomic mass is 10.1. The Morgan fingerprint density at radius 1 is 1.26 bits per heavy atom. The van der Waals surface area contributed by atoms with E-state index in [-0.39, 0.29) is 23.3 Å². The molecule has 1 heterocycles. The second-order valence-corrected chi connectivity index (χ2v) is 6.72. The van der Waals surface area contributed by atoms with Crippen molar-refractivity contribution in [2.75, 3.05) is 5.32 Å². The summed E-state index contributed by atoms with van der Waals surface area (Å²) >= 11 is 11.9. The third-order valence-electron chi connectivity index (χ3n) is 4.22. The number of hydrogen-bond acceptors (Lipinski definition) is 2. The molecule has 1 aromatic heterocycles. The summed E-state index contributed by atoms with van der Waals surface area (Å²) in [6.45, 7) is 1.81. The Bertz CT molecular complexity index is 845. The maximum atomic E-state index is 12.4. The predicted molar refractivity (Wildman–Crippen MR) is 92.4 cm³/mol. The van der Waals surface area contributed by atoms with Crippen molar-refractivity contribution in [3.8, 4) is 0 Å². The van der Waals surface area contributed by atoms with Crippen molar-refractivity contribution < 1.29 is 4.79 Å². The zero-order valence-corrected chi connectivity index (χ0v) is 14.3. The largest absolute Gasteiger partial charge is 0.321 e. The molecule has 0 bridgehead atoms. The first-order valence-electron chi connectivity index (χ1n) is 7.30. The van der Waals surface area contributed by atoms with Gasteiger partial charge in [0.1, 0.15) is 5.69 Å². The monoisotopic (exact) mass is 350 g/mol. The average Bonchev–Trinajstić information content (AvgIpc) is 3.31. The Labute approximate surface area is 144 Å². The van der Waals surface area contributed by atoms with Gasteiger partial charge < -0.3 is 9.88 Å². The second kappa shape index (κ2) is 6.02. The number of halogens is 2. The van der Waals surface area contributed by atoms with Gasteiger partial charge in [-0.1, -0.05) is 29.3 Å². The lowest BCUT2D eigenvalue weighted by Crippen LogP contribution is -2.26. The fraction of sp³-hybridized carbons (Fsp3) is 0.294. The maximum Gasteiger partial charge on any atom is 0.274 e. The van der Waals surface area contributed by atoms with Gasteiger partial charge in [-0.2, -0.15) is 0 Å². The standard InChI is InChI=1S/C17H16Cl2N2O2/c1-9-5-6-21(2)17(23)15(9)20-16(22)12-8-11(12)10-3-4-13(18)14(19)7-10/h3-7,11-12H,8H2,1-2H3,(H,20,22)/t11-,12+/m0/s1. The van der Waals surface area contributed by atoms with Crippen molar-refractivity contribution in [3.63, 3.8) is 0 Å². The number of carbonyl (C=O) groups is 1. The number of benzene rings is 1. The van der Waals surface area contributed by atoms with Gasteiger partial charge in [0.15, 0.2) is 0 Å². The van der Waals surface area contributed by atoms with Crippen LogP contribution >= 0.6 is 23.2 Å². The highest BCUT2D eigenvalue weighted by Gasteiger charge is 2.44. The summed E-state index contributed by atoms with van der Waals surface area (Å²) in [6.07, 6.45) is 2.43. The summed E-state index contributed by atoms with van der Waals surface area (Å²) in [5.41, 5.74) is 1.90. The van der Waals surface area contributed by atoms with Crippen LogP contribution in [-0.2, 0) is 11.8 Å². The van der Waals surface area contributed by atoms with Crippen LogP contribution in [0.1, 0.15) is 23.5 Å². The van der Waals surface area contributed by atoms with Crippen molar-refractivity contribution in [3.05, 3.63) is 62.0 Å². The zero-order valence-electron chi connectivity index (χ0n) is 12.8. The van der Waals surface area contributed by atoms with Gasteiger partial charge in [-0.05, 0) is 48.6 Å². The van der Waals surface area contributed by atoms with E-state index >= 15 is 0 Å². The summed E-state index contributed by atoms with van der Waals surface area (Å²) in [7, 11) is 1.66. The van der Waals surface area contributed by atoms with Crippen molar-refractivity contribution in [1.29, 1.82) is 0 Å². The van der Waals surface area contributed by atoms with E-state index < -0.39 is 0 Å². The minimum atomic E-state index is -0.204. The van der Waals surface area contributed by atoms with Crippen molar-refractivity contribution in [2.24, 2.45) is 13.0 Å². The fourth-order valence-electron chi connectivity index (χ4n) is 2.68. The van der Waals surface area contributed by atoms with E-state index in [2.05, 4.69) is 5.32 Å². The van der Waals surface area contributed by atoms with E-state index in [4.69, 9.17) is 23.2 Å². The highest BCUT2D eigenvalue weighted by Crippen LogP contribution is 2.48. The lowest BCUT2D eigenvalue weighted by Gasteiger charge is -2.09. The van der Waals surface area contributed by atoms with Crippen LogP contribution in [0.25, 0.3) is 0 Å². The smallest absolute Gasteiger partial charge is 0.274 e. The van der Waals surface area contributed by atoms with Crippen LogP contribution in [0.4, 0.5) is 5.69 Å². The molecular formula is C17H16Cl2N2O2. The second-order valence-electron chi connectivity index (χ2n) is 5.90. The Morgan fingerprint density at radius 3 is 2.70 bits per heavy atom. The third-order valence-corrected chi connectivity index (χ3v) is 4.96. The molecule has 23 heavy (non-hydrogen) atoms. The number of pyridine rings is 1. The highest BCUT2D eigenvalue weighted by atomic mass is 35.5. The molecule has 0 radical (unpaired) electrons. The van der Waals surface area contributed by atoms with Crippen LogP contribution in [0.5, 0.6) is 0 Å². The summed E-state index contributed by atoms with van der Waals surface area (Å²) in [5, 5.41) is 3.77. The van der Waals surface area contributed by atoms with Crippen LogP contribution in [0.15, 0.2) is 35.3 Å². The Morgan fingerprint density at radius 2 is 2.00 bits per heavy atom. The first-order valence-corrected chi connectivity index (χ1v) is 8.06. The van der Waals surface area contributed by atoms with Crippen LogP contribution in [0.2, 0.25) is 10.0 Å². The molecule has 120 valence electrons. The van der Waals surface area contributed by atoms with Crippen LogP contribution in [0, 0.1) is 12.8 Å². The molecule has 0 spiro atoms. The number of aromatic nitrogens is 1. The quantitative estimate of drug-likeness (QED) is 0.916. The first-order chi connectivity index (χ1) is 10.9. The van der Waals surface area contributed by atoms with E-state index in [9.17, 15) is 9.59 Å². The number of carbonyl (C=O) groups excluding carboxylic acids is 1. The summed E-state index contributed by atoms with van der Waals surface area (Å²) < 4.78 is 1.45. The number of amides is 1. The zero-order chi connectivity index (χ0) is 16.7. The van der Waals surface area contributed by atoms with Gasteiger partial charge in [0.2, 0.25) is 5.91 Å². The van der Waals surface area contributed by atoms with Gasteiger partial charge in [-0.25, -0.2) is 0 Å². The number of nitrogens with one attached hydrogen (secondary N) is 1. The third kappa shape index (κ3) is 3.14. The van der Waals surface area contributed by atoms with E-state index in [1.807, 2.05) is 6.07 Å². The van der Waals surface area contributed by atoms with Gasteiger partial charge in [0, 0.05) is 19.2 Å². The van der Waals surface area contributed by atoms with E-state index in [0.717, 1.165) is 17.5 Å². The SMILES string of the molecule is Cc1ccn(C)c(=O)c1NC(=O)[C@@H]1C[C@H]1c1ccc(Cl)c(Cl)c1. The van der Waals surface area contributed by atoms with E-state index in [1.54, 1.807) is 38.4 Å². The summed E-state index contributed by atoms with van der Waals surface area (Å²) in [5.74, 6) is -0.151. The molecule has 6 heteroatoms. The van der Waals surface area contributed by atoms with Gasteiger partial charge in [-0.15, -0.1) is 0 Å². The minimum Gasteiger partial charge on any atom is -0.321 e. The lowest BCUT2D eigenvalue weighted by molar-refractivity contribution is -0.117. The molecule has 0 saturated heterocycles. The molecule has 1 aromatic carbocycles. The highest BCUT2D eigenvalue weighted by molar-refractivity contribution is 6.42. The Hall–Kier alpha value is -1.78. The van der Waals surface area contributed by atoms with Crippen molar-refractivity contribution in [1.82, 2.24) is 4.57 Å². The van der Waals surface area contributed by atoms with Crippen molar-refractivity contribution >= 4 is 34.8 Å². The Balaban J connectivity index is 1.75. The molecule has 0 aliphatic heterocycles. The van der Waals surface area contributed by atoms with Crippen LogP contribution in [-0.4, -0.2) is 10.5 Å². The molecule has 2 atom stereocenters. The molecule has 2 aromatic rings. The van der Waals surface area contributed by atoms with Crippen LogP contribution < -0.4 is 10.9 Å². The van der Waals surface area contributed by atoms with Gasteiger partial charge in [0.05, 0.1) is 10.0 Å².